The first-order valence-electron chi connectivity index (χ1n) is 5.72. The zero-order valence-electron chi connectivity index (χ0n) is 11.4. The van der Waals surface area contributed by atoms with Gasteiger partial charge in [-0.2, -0.15) is 0 Å². The lowest BCUT2D eigenvalue weighted by Crippen LogP contribution is -2.30. The molecule has 0 heterocycles. The van der Waals surface area contributed by atoms with Gasteiger partial charge in [-0.3, -0.25) is 0 Å². The number of ether oxygens (including phenoxy) is 1. The largest absolute Gasteiger partial charge is 0.462 e. The fourth-order valence-electron chi connectivity index (χ4n) is 1.10. The third-order valence-electron chi connectivity index (χ3n) is 2.31. The van der Waals surface area contributed by atoms with Gasteiger partial charge in [-0.25, -0.2) is 4.79 Å². The Kier molecular flexibility index (Phi) is 7.20. The summed E-state index contributed by atoms with van der Waals surface area (Å²) in [5.41, 5.74) is 6.17. The van der Waals surface area contributed by atoms with Gasteiger partial charge >= 0.3 is 5.97 Å². The highest BCUT2D eigenvalue weighted by molar-refractivity contribution is 6.31. The molecule has 0 aromatic carbocycles. The molecule has 102 valence electrons. The number of nitrogens with zero attached hydrogens (tertiary/aromatic N) is 1. The maximum absolute atomic E-state index is 11.7. The molecule has 4 nitrogen and oxygen atoms in total. The number of halogens is 1. The number of esters is 1. The lowest BCUT2D eigenvalue weighted by molar-refractivity contribution is -0.138. The molecule has 0 fully saturated rings. The van der Waals surface area contributed by atoms with Crippen LogP contribution < -0.4 is 5.73 Å². The van der Waals surface area contributed by atoms with Crippen LogP contribution >= 0.6 is 11.6 Å². The van der Waals surface area contributed by atoms with Gasteiger partial charge in [-0.05, 0) is 32.9 Å². The summed E-state index contributed by atoms with van der Waals surface area (Å²) in [4.78, 5) is 13.5. The van der Waals surface area contributed by atoms with Gasteiger partial charge in [-0.1, -0.05) is 18.2 Å². The van der Waals surface area contributed by atoms with E-state index in [1.165, 1.54) is 12.2 Å². The molecule has 0 aliphatic rings. The van der Waals surface area contributed by atoms with E-state index in [2.05, 4.69) is 6.58 Å². The van der Waals surface area contributed by atoms with Crippen molar-refractivity contribution in [3.63, 3.8) is 0 Å². The fraction of sp³-hybridized carbons (Fsp3) is 0.462. The van der Waals surface area contributed by atoms with Crippen molar-refractivity contribution in [2.45, 2.75) is 26.8 Å². The van der Waals surface area contributed by atoms with Gasteiger partial charge in [0, 0.05) is 18.1 Å². The SMILES string of the molecule is C=C(Cl)/C=C(\C=C(/N)N(C)C(C)C)C(=O)OCC. The zero-order valence-corrected chi connectivity index (χ0v) is 12.1. The van der Waals surface area contributed by atoms with Crippen molar-refractivity contribution < 1.29 is 9.53 Å². The predicted octanol–water partition coefficient (Wildman–Crippen LogP) is 2.37. The molecule has 0 saturated heterocycles. The minimum Gasteiger partial charge on any atom is -0.462 e. The highest BCUT2D eigenvalue weighted by atomic mass is 35.5. The maximum Gasteiger partial charge on any atom is 0.338 e. The van der Waals surface area contributed by atoms with Crippen molar-refractivity contribution in [3.8, 4) is 0 Å². The van der Waals surface area contributed by atoms with Gasteiger partial charge in [0.15, 0.2) is 0 Å². The number of hydrogen-bond donors (Lipinski definition) is 1. The van der Waals surface area contributed by atoms with Gasteiger partial charge in [0.05, 0.1) is 18.0 Å². The van der Waals surface area contributed by atoms with Crippen molar-refractivity contribution >= 4 is 17.6 Å². The minimum atomic E-state index is -0.473. The molecule has 0 aromatic heterocycles. The van der Waals surface area contributed by atoms with Gasteiger partial charge in [0.1, 0.15) is 0 Å². The van der Waals surface area contributed by atoms with Crippen LogP contribution in [-0.4, -0.2) is 30.6 Å². The first-order chi connectivity index (χ1) is 8.29. The number of allylic oxidation sites excluding steroid dienone is 2. The average Bonchev–Trinajstić information content (AvgIpc) is 2.26. The molecule has 0 radical (unpaired) electrons. The van der Waals surface area contributed by atoms with Crippen LogP contribution in [-0.2, 0) is 9.53 Å². The summed E-state index contributed by atoms with van der Waals surface area (Å²) in [5.74, 6) is -0.0124. The van der Waals surface area contributed by atoms with Gasteiger partial charge in [-0.15, -0.1) is 0 Å². The van der Waals surface area contributed by atoms with Crippen molar-refractivity contribution in [2.24, 2.45) is 5.73 Å². The van der Waals surface area contributed by atoms with E-state index in [-0.39, 0.29) is 16.6 Å². The van der Waals surface area contributed by atoms with E-state index in [0.717, 1.165) is 0 Å². The lowest BCUT2D eigenvalue weighted by Gasteiger charge is -2.23. The molecule has 0 amide bonds. The van der Waals surface area contributed by atoms with Crippen LogP contribution in [0.1, 0.15) is 20.8 Å². The first kappa shape index (κ1) is 16.6. The van der Waals surface area contributed by atoms with Crippen LogP contribution in [0.5, 0.6) is 0 Å². The molecule has 0 aromatic rings. The Bertz CT molecular complexity index is 373. The third kappa shape index (κ3) is 5.77. The monoisotopic (exact) mass is 272 g/mol. The number of hydrogen-bond acceptors (Lipinski definition) is 4. The second-order valence-corrected chi connectivity index (χ2v) is 4.53. The van der Waals surface area contributed by atoms with Crippen molar-refractivity contribution in [3.05, 3.63) is 35.2 Å². The molecule has 0 aliphatic carbocycles. The Hall–Kier alpha value is -1.42. The highest BCUT2D eigenvalue weighted by Gasteiger charge is 2.11. The van der Waals surface area contributed by atoms with E-state index >= 15 is 0 Å². The number of nitrogens with two attached hydrogens (primary N) is 1. The Morgan fingerprint density at radius 1 is 1.50 bits per heavy atom. The van der Waals surface area contributed by atoms with Crippen LogP contribution in [0.3, 0.4) is 0 Å². The van der Waals surface area contributed by atoms with Gasteiger partial charge in [0.2, 0.25) is 0 Å². The summed E-state index contributed by atoms with van der Waals surface area (Å²) in [6.07, 6.45) is 2.96. The summed E-state index contributed by atoms with van der Waals surface area (Å²) in [5, 5.41) is 0.245. The zero-order chi connectivity index (χ0) is 14.3. The standard InChI is InChI=1S/C13H21ClN2O2/c1-6-18-13(17)11(7-10(4)14)8-12(15)16(5)9(2)3/h7-9H,4,6,15H2,1-3,5H3/b11-7+,12-8+. The van der Waals surface area contributed by atoms with E-state index in [0.29, 0.717) is 12.4 Å². The molecular weight excluding hydrogens is 252 g/mol. The highest BCUT2D eigenvalue weighted by Crippen LogP contribution is 2.11. The first-order valence-corrected chi connectivity index (χ1v) is 6.10. The topological polar surface area (TPSA) is 55.6 Å². The summed E-state index contributed by atoms with van der Waals surface area (Å²) < 4.78 is 4.92. The van der Waals surface area contributed by atoms with E-state index in [1.54, 1.807) is 6.92 Å². The summed E-state index contributed by atoms with van der Waals surface area (Å²) in [7, 11) is 1.84. The molecule has 0 unspecified atom stereocenters. The van der Waals surface area contributed by atoms with Crippen LogP contribution in [0, 0.1) is 0 Å². The molecule has 0 spiro atoms. The number of carbonyl (C=O) groups excluding carboxylic acids is 1. The molecule has 0 bridgehead atoms. The molecule has 0 atom stereocenters. The normalized spacial score (nSPS) is 12.6. The Morgan fingerprint density at radius 3 is 2.44 bits per heavy atom. The van der Waals surface area contributed by atoms with E-state index in [9.17, 15) is 4.79 Å². The van der Waals surface area contributed by atoms with Gasteiger partial charge < -0.3 is 15.4 Å². The molecule has 2 N–H and O–H groups in total. The quantitative estimate of drug-likeness (QED) is 0.458. The van der Waals surface area contributed by atoms with Crippen LogP contribution in [0.15, 0.2) is 35.2 Å². The van der Waals surface area contributed by atoms with Crippen LogP contribution in [0.2, 0.25) is 0 Å². The number of carbonyl (C=O) groups is 1. The molecule has 5 heteroatoms. The Balaban J connectivity index is 5.18. The molecule has 0 saturated carbocycles. The van der Waals surface area contributed by atoms with Crippen LogP contribution in [0.4, 0.5) is 0 Å². The second kappa shape index (κ2) is 7.82. The Morgan fingerprint density at radius 2 is 2.06 bits per heavy atom. The molecule has 0 aliphatic heterocycles. The predicted molar refractivity (Wildman–Crippen MR) is 74.9 cm³/mol. The van der Waals surface area contributed by atoms with Crippen LogP contribution in [0.25, 0.3) is 0 Å². The fourth-order valence-corrected chi connectivity index (χ4v) is 1.22. The Labute approximate surface area is 114 Å². The van der Waals surface area contributed by atoms with Crippen molar-refractivity contribution in [1.29, 1.82) is 0 Å². The summed E-state index contributed by atoms with van der Waals surface area (Å²) in [6, 6.07) is 0.226. The maximum atomic E-state index is 11.7. The third-order valence-corrected chi connectivity index (χ3v) is 2.42. The van der Waals surface area contributed by atoms with Crippen molar-refractivity contribution in [1.82, 2.24) is 4.90 Å². The lowest BCUT2D eigenvalue weighted by atomic mass is 10.2. The smallest absolute Gasteiger partial charge is 0.338 e. The molecular formula is C13H21ClN2O2. The number of rotatable bonds is 6. The van der Waals surface area contributed by atoms with E-state index in [1.807, 2.05) is 25.8 Å². The molecule has 0 rings (SSSR count). The van der Waals surface area contributed by atoms with Gasteiger partial charge in [0.25, 0.3) is 0 Å². The second-order valence-electron chi connectivity index (χ2n) is 4.04. The summed E-state index contributed by atoms with van der Waals surface area (Å²) >= 11 is 5.68. The average molecular weight is 273 g/mol. The summed E-state index contributed by atoms with van der Waals surface area (Å²) in [6.45, 7) is 9.54. The van der Waals surface area contributed by atoms with Crippen molar-refractivity contribution in [2.75, 3.05) is 13.7 Å². The molecule has 18 heavy (non-hydrogen) atoms. The minimum absolute atomic E-state index is 0.226. The van der Waals surface area contributed by atoms with E-state index < -0.39 is 5.97 Å². The van der Waals surface area contributed by atoms with E-state index in [4.69, 9.17) is 22.1 Å².